The molecule has 2 heterocycles. The fourth-order valence-electron chi connectivity index (χ4n) is 3.01. The molecule has 0 N–H and O–H groups in total. The quantitative estimate of drug-likeness (QED) is 0.420. The largest absolute Gasteiger partial charge is 0.283 e. The molecule has 146 valence electrons. The van der Waals surface area contributed by atoms with Crippen molar-refractivity contribution in [2.24, 2.45) is 0 Å². The van der Waals surface area contributed by atoms with Crippen LogP contribution in [0.2, 0.25) is 5.02 Å². The van der Waals surface area contributed by atoms with E-state index in [-0.39, 0.29) is 18.1 Å². The third kappa shape index (κ3) is 4.28. The number of thiazole rings is 1. The summed E-state index contributed by atoms with van der Waals surface area (Å²) in [6, 6.07) is 13.5. The minimum atomic E-state index is -0.327. The molecule has 0 aliphatic rings. The SMILES string of the molecule is Cc1c(Cl)ccc2sc(N(Cc3cccnc3)C(=O)Cc3ccc(F)cc3)nc12. The Hall–Kier alpha value is -2.83. The van der Waals surface area contributed by atoms with Gasteiger partial charge in [-0.15, -0.1) is 0 Å². The lowest BCUT2D eigenvalue weighted by Gasteiger charge is -2.20. The Morgan fingerprint density at radius 3 is 2.66 bits per heavy atom. The second-order valence-corrected chi connectivity index (χ2v) is 8.08. The summed E-state index contributed by atoms with van der Waals surface area (Å²) in [5.74, 6) is -0.449. The molecule has 0 aliphatic heterocycles. The van der Waals surface area contributed by atoms with Crippen LogP contribution in [-0.4, -0.2) is 15.9 Å². The molecule has 2 aromatic carbocycles. The molecule has 0 bridgehead atoms. The summed E-state index contributed by atoms with van der Waals surface area (Å²) in [4.78, 5) is 23.7. The van der Waals surface area contributed by atoms with Gasteiger partial charge in [0, 0.05) is 17.4 Å². The Balaban J connectivity index is 1.70. The van der Waals surface area contributed by atoms with Crippen LogP contribution in [0.3, 0.4) is 0 Å². The van der Waals surface area contributed by atoms with E-state index in [4.69, 9.17) is 16.6 Å². The molecule has 4 aromatic rings. The van der Waals surface area contributed by atoms with Crippen molar-refractivity contribution < 1.29 is 9.18 Å². The smallest absolute Gasteiger partial charge is 0.233 e. The zero-order chi connectivity index (χ0) is 20.4. The van der Waals surface area contributed by atoms with Crippen molar-refractivity contribution in [3.8, 4) is 0 Å². The number of benzene rings is 2. The number of nitrogens with zero attached hydrogens (tertiary/aromatic N) is 3. The van der Waals surface area contributed by atoms with Crippen LogP contribution in [0.1, 0.15) is 16.7 Å². The zero-order valence-electron chi connectivity index (χ0n) is 15.6. The van der Waals surface area contributed by atoms with Crippen LogP contribution in [0.15, 0.2) is 60.9 Å². The topological polar surface area (TPSA) is 46.1 Å². The van der Waals surface area contributed by atoms with Gasteiger partial charge in [0.15, 0.2) is 5.13 Å². The average Bonchev–Trinajstić information content (AvgIpc) is 3.16. The lowest BCUT2D eigenvalue weighted by atomic mass is 10.1. The average molecular weight is 426 g/mol. The summed E-state index contributed by atoms with van der Waals surface area (Å²) < 4.78 is 14.2. The summed E-state index contributed by atoms with van der Waals surface area (Å²) in [5.41, 5.74) is 3.32. The molecular weight excluding hydrogens is 409 g/mol. The van der Waals surface area contributed by atoms with Crippen LogP contribution in [0.5, 0.6) is 0 Å². The van der Waals surface area contributed by atoms with Gasteiger partial charge in [-0.1, -0.05) is 41.1 Å². The molecule has 29 heavy (non-hydrogen) atoms. The fourth-order valence-corrected chi connectivity index (χ4v) is 4.21. The van der Waals surface area contributed by atoms with E-state index < -0.39 is 0 Å². The van der Waals surface area contributed by atoms with Crippen LogP contribution in [0.25, 0.3) is 10.2 Å². The standard InChI is InChI=1S/C22H17ClFN3OS/c1-14-18(23)8-9-19-21(14)26-22(29-19)27(13-16-3-2-10-25-12-16)20(28)11-15-4-6-17(24)7-5-15/h2-10,12H,11,13H2,1H3. The van der Waals surface area contributed by atoms with E-state index in [0.29, 0.717) is 16.7 Å². The Kier molecular flexibility index (Phi) is 5.56. The van der Waals surface area contributed by atoms with Crippen LogP contribution < -0.4 is 4.90 Å². The molecule has 2 aromatic heterocycles. The second-order valence-electron chi connectivity index (χ2n) is 6.66. The van der Waals surface area contributed by atoms with Gasteiger partial charge in [-0.2, -0.15) is 0 Å². The van der Waals surface area contributed by atoms with Crippen LogP contribution >= 0.6 is 22.9 Å². The molecule has 0 saturated carbocycles. The Labute approximate surface area is 176 Å². The van der Waals surface area contributed by atoms with Crippen molar-refractivity contribution in [3.63, 3.8) is 0 Å². The molecule has 0 aliphatic carbocycles. The van der Waals surface area contributed by atoms with Gasteiger partial charge in [-0.25, -0.2) is 9.37 Å². The van der Waals surface area contributed by atoms with Gasteiger partial charge < -0.3 is 0 Å². The van der Waals surface area contributed by atoms with E-state index in [0.717, 1.165) is 26.9 Å². The third-order valence-electron chi connectivity index (χ3n) is 4.60. The fraction of sp³-hybridized carbons (Fsp3) is 0.136. The van der Waals surface area contributed by atoms with Gasteiger partial charge in [0.1, 0.15) is 5.82 Å². The first-order chi connectivity index (χ1) is 14.0. The summed E-state index contributed by atoms with van der Waals surface area (Å²) in [6.07, 6.45) is 3.57. The molecule has 7 heteroatoms. The number of carbonyl (C=O) groups is 1. The van der Waals surface area contributed by atoms with E-state index in [1.165, 1.54) is 23.5 Å². The first-order valence-corrected chi connectivity index (χ1v) is 10.2. The number of aryl methyl sites for hydroxylation is 1. The van der Waals surface area contributed by atoms with Crippen molar-refractivity contribution in [1.82, 2.24) is 9.97 Å². The maximum Gasteiger partial charge on any atom is 0.233 e. The maximum atomic E-state index is 13.2. The molecule has 1 amide bonds. The summed E-state index contributed by atoms with van der Waals surface area (Å²) >= 11 is 7.68. The monoisotopic (exact) mass is 425 g/mol. The lowest BCUT2D eigenvalue weighted by molar-refractivity contribution is -0.118. The van der Waals surface area contributed by atoms with Gasteiger partial charge >= 0.3 is 0 Å². The Morgan fingerprint density at radius 1 is 1.14 bits per heavy atom. The highest BCUT2D eigenvalue weighted by atomic mass is 35.5. The number of carbonyl (C=O) groups excluding carboxylic acids is 1. The highest BCUT2D eigenvalue weighted by Gasteiger charge is 2.21. The third-order valence-corrected chi connectivity index (χ3v) is 6.05. The molecular formula is C22H17ClFN3OS. The van der Waals surface area contributed by atoms with E-state index in [1.807, 2.05) is 31.2 Å². The van der Waals surface area contributed by atoms with E-state index >= 15 is 0 Å². The predicted molar refractivity (Wildman–Crippen MR) is 115 cm³/mol. The number of rotatable bonds is 5. The van der Waals surface area contributed by atoms with Gasteiger partial charge in [-0.05, 0) is 53.9 Å². The normalized spacial score (nSPS) is 11.0. The van der Waals surface area contributed by atoms with Crippen molar-refractivity contribution in [3.05, 3.63) is 88.5 Å². The summed E-state index contributed by atoms with van der Waals surface area (Å²) in [6.45, 7) is 2.26. The molecule has 0 radical (unpaired) electrons. The molecule has 0 saturated heterocycles. The molecule has 0 atom stereocenters. The van der Waals surface area contributed by atoms with Crippen molar-refractivity contribution >= 4 is 44.2 Å². The van der Waals surface area contributed by atoms with Crippen molar-refractivity contribution in [1.29, 1.82) is 0 Å². The second kappa shape index (κ2) is 8.27. The maximum absolute atomic E-state index is 13.2. The van der Waals surface area contributed by atoms with E-state index in [1.54, 1.807) is 29.4 Å². The Bertz CT molecular complexity index is 1160. The lowest BCUT2D eigenvalue weighted by Crippen LogP contribution is -2.31. The number of hydrogen-bond acceptors (Lipinski definition) is 4. The van der Waals surface area contributed by atoms with Crippen molar-refractivity contribution in [2.75, 3.05) is 4.90 Å². The molecule has 0 unspecified atom stereocenters. The first kappa shape index (κ1) is 19.5. The Morgan fingerprint density at radius 2 is 1.93 bits per heavy atom. The minimum Gasteiger partial charge on any atom is -0.283 e. The van der Waals surface area contributed by atoms with Gasteiger partial charge in [-0.3, -0.25) is 14.7 Å². The minimum absolute atomic E-state index is 0.122. The summed E-state index contributed by atoms with van der Waals surface area (Å²) in [7, 11) is 0. The summed E-state index contributed by atoms with van der Waals surface area (Å²) in [5, 5.41) is 1.24. The highest BCUT2D eigenvalue weighted by molar-refractivity contribution is 7.22. The number of pyridine rings is 1. The number of fused-ring (bicyclic) bond motifs is 1. The number of anilines is 1. The molecule has 4 rings (SSSR count). The van der Waals surface area contributed by atoms with Crippen LogP contribution in [0.4, 0.5) is 9.52 Å². The molecule has 0 spiro atoms. The molecule has 4 nitrogen and oxygen atoms in total. The molecule has 0 fully saturated rings. The van der Waals surface area contributed by atoms with Gasteiger partial charge in [0.05, 0.1) is 23.2 Å². The van der Waals surface area contributed by atoms with E-state index in [2.05, 4.69) is 4.98 Å². The number of hydrogen-bond donors (Lipinski definition) is 0. The van der Waals surface area contributed by atoms with Gasteiger partial charge in [0.25, 0.3) is 0 Å². The predicted octanol–water partition coefficient (Wildman–Crippen LogP) is 5.57. The van der Waals surface area contributed by atoms with Crippen LogP contribution in [0, 0.1) is 12.7 Å². The highest BCUT2D eigenvalue weighted by Crippen LogP contribution is 2.34. The van der Waals surface area contributed by atoms with Gasteiger partial charge in [0.2, 0.25) is 5.91 Å². The number of amides is 1. The zero-order valence-corrected chi connectivity index (χ0v) is 17.2. The van der Waals surface area contributed by atoms with Crippen LogP contribution in [-0.2, 0) is 17.8 Å². The first-order valence-electron chi connectivity index (χ1n) is 9.00. The van der Waals surface area contributed by atoms with E-state index in [9.17, 15) is 9.18 Å². The number of halogens is 2. The van der Waals surface area contributed by atoms with Crippen molar-refractivity contribution in [2.45, 2.75) is 19.9 Å². The number of aromatic nitrogens is 2.